The molecule has 23 heteroatoms. The number of likely N-dealkylation sites (tertiary alicyclic amines) is 1. The number of amides is 2. The van der Waals surface area contributed by atoms with Gasteiger partial charge in [0.15, 0.2) is 36.1 Å². The number of aromatic nitrogens is 5. The van der Waals surface area contributed by atoms with Gasteiger partial charge in [0.25, 0.3) is 13.7 Å². The second kappa shape index (κ2) is 13.9. The number of imidazole rings is 1. The molecular weight excluding hydrogens is 694 g/mol. The van der Waals surface area contributed by atoms with Crippen LogP contribution in [-0.4, -0.2) is 101 Å². The van der Waals surface area contributed by atoms with Crippen LogP contribution in [0.4, 0.5) is 10.6 Å². The lowest BCUT2D eigenvalue weighted by molar-refractivity contribution is -0.719. The summed E-state index contributed by atoms with van der Waals surface area (Å²) in [4.78, 5) is 60.7. The van der Waals surface area contributed by atoms with Crippen LogP contribution in [-0.2, 0) is 32.0 Å². The Labute approximate surface area is 278 Å². The number of phosphoric acid groups is 2. The zero-order chi connectivity index (χ0) is 35.9. The van der Waals surface area contributed by atoms with E-state index in [0.29, 0.717) is 0 Å². The maximum absolute atomic E-state index is 13.0. The van der Waals surface area contributed by atoms with E-state index in [2.05, 4.69) is 19.3 Å². The van der Waals surface area contributed by atoms with Crippen LogP contribution in [0.25, 0.3) is 11.2 Å². The predicted octanol–water partition coefficient (Wildman–Crippen LogP) is -0.717. The van der Waals surface area contributed by atoms with Gasteiger partial charge in [0.05, 0.1) is 32.1 Å². The Balaban J connectivity index is 1.21. The van der Waals surface area contributed by atoms with E-state index in [1.807, 2.05) is 0 Å². The Morgan fingerprint density at radius 2 is 1.90 bits per heavy atom. The molecule has 2 amide bonds. The molecule has 21 nitrogen and oxygen atoms in total. The zero-order valence-electron chi connectivity index (χ0n) is 26.4. The summed E-state index contributed by atoms with van der Waals surface area (Å²) in [7, 11) is -11.0. The highest BCUT2D eigenvalue weighted by Crippen LogP contribution is 2.58. The summed E-state index contributed by atoms with van der Waals surface area (Å²) < 4.78 is 53.3. The molecular formula is C26H36N8O13P2. The summed E-state index contributed by atoms with van der Waals surface area (Å²) >= 11 is 0. The van der Waals surface area contributed by atoms with E-state index < -0.39 is 83.1 Å². The molecule has 5 rings (SSSR count). The number of rotatable bonds is 11. The molecule has 2 fully saturated rings. The van der Waals surface area contributed by atoms with Crippen LogP contribution >= 0.6 is 15.6 Å². The topological polar surface area (TPSA) is 301 Å². The molecule has 0 radical (unpaired) electrons. The Morgan fingerprint density at radius 1 is 1.16 bits per heavy atom. The van der Waals surface area contributed by atoms with Crippen molar-refractivity contribution in [2.24, 2.45) is 5.73 Å². The summed E-state index contributed by atoms with van der Waals surface area (Å²) in [6.07, 6.45) is -1.10. The molecule has 2 unspecified atom stereocenters. The van der Waals surface area contributed by atoms with E-state index in [9.17, 15) is 38.7 Å². The lowest BCUT2D eigenvalue weighted by Gasteiger charge is -2.30. The maximum atomic E-state index is 13.0. The Kier molecular flexibility index (Phi) is 10.4. The largest absolute Gasteiger partial charge is 0.756 e. The van der Waals surface area contributed by atoms with Gasteiger partial charge in [-0.2, -0.15) is 4.57 Å². The van der Waals surface area contributed by atoms with Gasteiger partial charge in [-0.3, -0.25) is 23.4 Å². The van der Waals surface area contributed by atoms with Crippen molar-refractivity contribution in [3.8, 4) is 0 Å². The van der Waals surface area contributed by atoms with E-state index in [1.165, 1.54) is 28.1 Å². The monoisotopic (exact) mass is 730 g/mol. The third-order valence-electron chi connectivity index (χ3n) is 7.58. The number of pyridine rings is 1. The van der Waals surface area contributed by atoms with Gasteiger partial charge in [0.2, 0.25) is 0 Å². The molecule has 2 aliphatic heterocycles. The molecule has 2 saturated heterocycles. The normalized spacial score (nSPS) is 26.8. The molecule has 2 aliphatic rings. The fourth-order valence-electron chi connectivity index (χ4n) is 5.35. The number of carbonyl (C=O) groups excluding carboxylic acids is 2. The molecule has 0 aliphatic carbocycles. The fraction of sp³-hybridized carbons (Fsp3) is 0.538. The number of nitrogen functional groups attached to an aromatic ring is 1. The van der Waals surface area contributed by atoms with Crippen LogP contribution in [0.3, 0.4) is 0 Å². The third kappa shape index (κ3) is 8.58. The SMILES string of the molecule is CC(C)(C)OC(=O)N1C[C@@H]([n+]2cccc(C(N)=O)c2)C[C@H]1COP(=O)([O-])OP(=O)(O)OC[C@H]1O[C@@H](n2cnc3c(N)ncnc32)[C@@H](O)[C@H]1O. The molecule has 5 heterocycles. The minimum Gasteiger partial charge on any atom is -0.756 e. The molecule has 7 N–H and O–H groups in total. The number of nitrogens with two attached hydrogens (primary N) is 2. The lowest BCUT2D eigenvalue weighted by atomic mass is 10.1. The first-order valence-electron chi connectivity index (χ1n) is 14.7. The molecule has 0 saturated carbocycles. The van der Waals surface area contributed by atoms with Gasteiger partial charge in [-0.15, -0.1) is 0 Å². The summed E-state index contributed by atoms with van der Waals surface area (Å²) in [6.45, 7) is 3.38. The number of ether oxygens (including phenoxy) is 2. The fourth-order valence-corrected chi connectivity index (χ4v) is 7.43. The third-order valence-corrected chi connectivity index (χ3v) is 10.1. The van der Waals surface area contributed by atoms with E-state index >= 15 is 0 Å². The number of hydrogen-bond donors (Lipinski definition) is 5. The number of nitrogens with zero attached hydrogens (tertiary/aromatic N) is 6. The number of hydrogen-bond acceptors (Lipinski definition) is 16. The van der Waals surface area contributed by atoms with Crippen LogP contribution < -0.4 is 20.9 Å². The van der Waals surface area contributed by atoms with Crippen LogP contribution in [0, 0.1) is 0 Å². The van der Waals surface area contributed by atoms with Crippen molar-refractivity contribution in [2.75, 3.05) is 25.5 Å². The number of phosphoric ester groups is 2. The van der Waals surface area contributed by atoms with Gasteiger partial charge >= 0.3 is 13.9 Å². The number of aliphatic hydroxyl groups is 2. The van der Waals surface area contributed by atoms with Crippen molar-refractivity contribution >= 4 is 44.6 Å². The second-order valence-electron chi connectivity index (χ2n) is 12.3. The summed E-state index contributed by atoms with van der Waals surface area (Å²) in [5.74, 6) is -0.618. The van der Waals surface area contributed by atoms with Gasteiger partial charge in [-0.05, 0) is 26.8 Å². The van der Waals surface area contributed by atoms with E-state index in [1.54, 1.807) is 37.6 Å². The smallest absolute Gasteiger partial charge is 0.478 e. The first-order valence-corrected chi connectivity index (χ1v) is 17.7. The average molecular weight is 731 g/mol. The van der Waals surface area contributed by atoms with Crippen LogP contribution in [0.2, 0.25) is 0 Å². The molecule has 49 heavy (non-hydrogen) atoms. The first kappa shape index (κ1) is 36.7. The van der Waals surface area contributed by atoms with Crippen LogP contribution in [0.15, 0.2) is 37.2 Å². The molecule has 8 atom stereocenters. The van der Waals surface area contributed by atoms with Crippen molar-refractivity contribution in [1.82, 2.24) is 24.4 Å². The van der Waals surface area contributed by atoms with Crippen molar-refractivity contribution in [3.05, 3.63) is 42.7 Å². The summed E-state index contributed by atoms with van der Waals surface area (Å²) in [6, 6.07) is 1.71. The highest BCUT2D eigenvalue weighted by atomic mass is 31.3. The van der Waals surface area contributed by atoms with Crippen molar-refractivity contribution in [3.63, 3.8) is 0 Å². The predicted molar refractivity (Wildman–Crippen MR) is 162 cm³/mol. The van der Waals surface area contributed by atoms with Crippen molar-refractivity contribution < 1.29 is 66.1 Å². The molecule has 0 bridgehead atoms. The molecule has 268 valence electrons. The van der Waals surface area contributed by atoms with E-state index in [0.717, 1.165) is 6.33 Å². The van der Waals surface area contributed by atoms with Crippen LogP contribution in [0.1, 0.15) is 49.8 Å². The lowest BCUT2D eigenvalue weighted by Crippen LogP contribution is -2.44. The quantitative estimate of drug-likeness (QED) is 0.120. The Bertz CT molecular complexity index is 1810. The Morgan fingerprint density at radius 3 is 2.59 bits per heavy atom. The minimum absolute atomic E-state index is 0.0349. The minimum atomic E-state index is -5.58. The van der Waals surface area contributed by atoms with Crippen molar-refractivity contribution in [1.29, 1.82) is 0 Å². The zero-order valence-corrected chi connectivity index (χ0v) is 28.2. The first-order chi connectivity index (χ1) is 22.8. The van der Waals surface area contributed by atoms with Gasteiger partial charge < -0.3 is 45.5 Å². The second-order valence-corrected chi connectivity index (χ2v) is 15.3. The number of aliphatic hydroxyl groups excluding tert-OH is 2. The van der Waals surface area contributed by atoms with Crippen LogP contribution in [0.5, 0.6) is 0 Å². The van der Waals surface area contributed by atoms with E-state index in [4.69, 9.17) is 30.0 Å². The molecule has 3 aromatic heterocycles. The maximum Gasteiger partial charge on any atom is 0.478 e. The highest BCUT2D eigenvalue weighted by Gasteiger charge is 2.46. The highest BCUT2D eigenvalue weighted by molar-refractivity contribution is 7.60. The van der Waals surface area contributed by atoms with E-state index in [-0.39, 0.29) is 35.5 Å². The average Bonchev–Trinajstić information content (AvgIpc) is 3.71. The standard InChI is InChI=1S/C26H36N8O13P2/c1-26(2,3)46-25(38)33-9-15(32-6-4-5-14(8-32)22(28)37)7-16(33)10-43-48(39,40)47-49(41,42)44-11-17-19(35)20(36)24(45-17)34-13-31-18-21(27)29-12-30-23(18)34/h4-6,8,12-13,15-17,19-20,24,35-36H,7,9-11H2,1-3H3,(H5-,27,28,29,30,37,39,40,41,42)/t15-,16-,17+,19-,20-,24+/m0/s1. The van der Waals surface area contributed by atoms with Gasteiger partial charge in [0.1, 0.15) is 41.3 Å². The molecule has 0 spiro atoms. The number of primary amides is 1. The van der Waals surface area contributed by atoms with Gasteiger partial charge in [-0.25, -0.2) is 28.6 Å². The van der Waals surface area contributed by atoms with Gasteiger partial charge in [0, 0.05) is 12.5 Å². The Hall–Kier alpha value is -3.62. The van der Waals surface area contributed by atoms with Crippen molar-refractivity contribution in [2.45, 2.75) is 69.4 Å². The number of carbonyl (C=O) groups is 2. The molecule has 3 aromatic rings. The van der Waals surface area contributed by atoms with Gasteiger partial charge in [-0.1, -0.05) is 0 Å². The summed E-state index contributed by atoms with van der Waals surface area (Å²) in [5, 5.41) is 21.1. The molecule has 0 aromatic carbocycles. The number of fused-ring (bicyclic) bond motifs is 1. The number of anilines is 1. The summed E-state index contributed by atoms with van der Waals surface area (Å²) in [5.41, 5.74) is 10.8.